The monoisotopic (exact) mass is 432 g/mol. The van der Waals surface area contributed by atoms with Gasteiger partial charge in [-0.25, -0.2) is 0 Å². The summed E-state index contributed by atoms with van der Waals surface area (Å²) in [4.78, 5) is 15.9. The van der Waals surface area contributed by atoms with Gasteiger partial charge >= 0.3 is 0 Å². The van der Waals surface area contributed by atoms with Gasteiger partial charge in [0.1, 0.15) is 5.75 Å². The van der Waals surface area contributed by atoms with E-state index >= 15 is 0 Å². The molecule has 3 rings (SSSR count). The SMILES string of the molecule is CN=C(NCCCOCC1CCOC1)NCCc1ccc(OCC(=O)NC2CC2)cc1. The van der Waals surface area contributed by atoms with E-state index in [-0.39, 0.29) is 12.5 Å². The van der Waals surface area contributed by atoms with Gasteiger partial charge in [-0.05, 0) is 49.8 Å². The van der Waals surface area contributed by atoms with Crippen LogP contribution in [0.1, 0.15) is 31.2 Å². The first-order valence-corrected chi connectivity index (χ1v) is 11.3. The van der Waals surface area contributed by atoms with Crippen molar-refractivity contribution in [3.8, 4) is 5.75 Å². The predicted octanol–water partition coefficient (Wildman–Crippen LogP) is 1.49. The Morgan fingerprint density at radius 1 is 1.16 bits per heavy atom. The smallest absolute Gasteiger partial charge is 0.258 e. The van der Waals surface area contributed by atoms with Gasteiger partial charge in [0.05, 0.1) is 13.2 Å². The fourth-order valence-corrected chi connectivity index (χ4v) is 3.29. The van der Waals surface area contributed by atoms with Gasteiger partial charge in [-0.3, -0.25) is 9.79 Å². The molecular formula is C23H36N4O4. The van der Waals surface area contributed by atoms with E-state index in [1.54, 1.807) is 7.05 Å². The first-order chi connectivity index (χ1) is 15.2. The van der Waals surface area contributed by atoms with Crippen LogP contribution in [0.25, 0.3) is 0 Å². The molecule has 1 heterocycles. The third-order valence-electron chi connectivity index (χ3n) is 5.30. The van der Waals surface area contributed by atoms with Crippen LogP contribution < -0.4 is 20.7 Å². The Labute approximate surface area is 185 Å². The van der Waals surface area contributed by atoms with Crippen LogP contribution in [0.15, 0.2) is 29.3 Å². The second-order valence-electron chi connectivity index (χ2n) is 8.11. The lowest BCUT2D eigenvalue weighted by molar-refractivity contribution is -0.123. The van der Waals surface area contributed by atoms with Crippen LogP contribution in [0.2, 0.25) is 0 Å². The molecule has 1 unspecified atom stereocenters. The highest BCUT2D eigenvalue weighted by Crippen LogP contribution is 2.18. The Kier molecular flexibility index (Phi) is 9.92. The summed E-state index contributed by atoms with van der Waals surface area (Å²) in [5.74, 6) is 2.02. The number of hydrogen-bond acceptors (Lipinski definition) is 5. The average molecular weight is 433 g/mol. The van der Waals surface area contributed by atoms with Crippen LogP contribution in [-0.4, -0.2) is 71.1 Å². The molecule has 1 aliphatic carbocycles. The fourth-order valence-electron chi connectivity index (χ4n) is 3.29. The van der Waals surface area contributed by atoms with Gasteiger partial charge in [-0.2, -0.15) is 0 Å². The minimum absolute atomic E-state index is 0.0513. The van der Waals surface area contributed by atoms with Gasteiger partial charge in [0, 0.05) is 45.3 Å². The first kappa shape index (κ1) is 23.3. The van der Waals surface area contributed by atoms with E-state index in [1.165, 1.54) is 5.56 Å². The number of nitrogens with one attached hydrogen (secondary N) is 3. The molecule has 1 amide bonds. The van der Waals surface area contributed by atoms with E-state index in [4.69, 9.17) is 14.2 Å². The first-order valence-electron chi connectivity index (χ1n) is 11.3. The third-order valence-corrected chi connectivity index (χ3v) is 5.30. The molecule has 8 heteroatoms. The van der Waals surface area contributed by atoms with Crippen molar-refractivity contribution in [2.75, 3.05) is 53.2 Å². The maximum Gasteiger partial charge on any atom is 0.258 e. The van der Waals surface area contributed by atoms with E-state index in [2.05, 4.69) is 20.9 Å². The molecule has 2 fully saturated rings. The number of nitrogens with zero attached hydrogens (tertiary/aromatic N) is 1. The van der Waals surface area contributed by atoms with E-state index in [1.807, 2.05) is 24.3 Å². The molecule has 2 aliphatic rings. The second kappa shape index (κ2) is 13.2. The van der Waals surface area contributed by atoms with Crippen molar-refractivity contribution >= 4 is 11.9 Å². The molecule has 1 saturated carbocycles. The lowest BCUT2D eigenvalue weighted by atomic mass is 10.1. The summed E-state index contributed by atoms with van der Waals surface area (Å²) >= 11 is 0. The number of rotatable bonds is 13. The lowest BCUT2D eigenvalue weighted by Crippen LogP contribution is -2.39. The molecule has 1 saturated heterocycles. The number of carbonyl (C=O) groups is 1. The summed E-state index contributed by atoms with van der Waals surface area (Å²) in [6.45, 7) is 4.92. The summed E-state index contributed by atoms with van der Waals surface area (Å²) in [7, 11) is 1.78. The van der Waals surface area contributed by atoms with Crippen LogP contribution in [0, 0.1) is 5.92 Å². The number of carbonyl (C=O) groups excluding carboxylic acids is 1. The largest absolute Gasteiger partial charge is 0.484 e. The summed E-state index contributed by atoms with van der Waals surface area (Å²) < 4.78 is 16.6. The highest BCUT2D eigenvalue weighted by Gasteiger charge is 2.23. The molecule has 1 atom stereocenters. The summed E-state index contributed by atoms with van der Waals surface area (Å²) in [5.41, 5.74) is 1.20. The van der Waals surface area contributed by atoms with Crippen molar-refractivity contribution in [2.45, 2.75) is 38.1 Å². The normalized spacial score (nSPS) is 18.6. The topological polar surface area (TPSA) is 93.2 Å². The van der Waals surface area contributed by atoms with Crippen molar-refractivity contribution in [1.82, 2.24) is 16.0 Å². The van der Waals surface area contributed by atoms with Crippen LogP contribution in [0.4, 0.5) is 0 Å². The number of hydrogen-bond donors (Lipinski definition) is 3. The lowest BCUT2D eigenvalue weighted by Gasteiger charge is -2.13. The van der Waals surface area contributed by atoms with Crippen LogP contribution in [0.5, 0.6) is 5.75 Å². The van der Waals surface area contributed by atoms with Crippen molar-refractivity contribution in [3.63, 3.8) is 0 Å². The Morgan fingerprint density at radius 3 is 2.68 bits per heavy atom. The van der Waals surface area contributed by atoms with Crippen LogP contribution in [0.3, 0.4) is 0 Å². The van der Waals surface area contributed by atoms with Crippen molar-refractivity contribution in [3.05, 3.63) is 29.8 Å². The van der Waals surface area contributed by atoms with Crippen molar-refractivity contribution in [2.24, 2.45) is 10.9 Å². The zero-order valence-electron chi connectivity index (χ0n) is 18.5. The van der Waals surface area contributed by atoms with E-state index in [9.17, 15) is 4.79 Å². The molecule has 0 aromatic heterocycles. The second-order valence-corrected chi connectivity index (χ2v) is 8.11. The van der Waals surface area contributed by atoms with Crippen molar-refractivity contribution < 1.29 is 19.0 Å². The van der Waals surface area contributed by atoms with Gasteiger partial charge in [0.2, 0.25) is 0 Å². The highest BCUT2D eigenvalue weighted by atomic mass is 16.5. The van der Waals surface area contributed by atoms with E-state index in [0.29, 0.717) is 17.7 Å². The fraction of sp³-hybridized carbons (Fsp3) is 0.652. The zero-order valence-corrected chi connectivity index (χ0v) is 18.5. The van der Waals surface area contributed by atoms with E-state index in [0.717, 1.165) is 77.6 Å². The molecule has 1 aromatic rings. The van der Waals surface area contributed by atoms with Crippen LogP contribution >= 0.6 is 0 Å². The molecule has 8 nitrogen and oxygen atoms in total. The van der Waals surface area contributed by atoms with Crippen LogP contribution in [-0.2, 0) is 20.7 Å². The molecule has 3 N–H and O–H groups in total. The van der Waals surface area contributed by atoms with E-state index < -0.39 is 0 Å². The minimum Gasteiger partial charge on any atom is -0.484 e. The standard InChI is InChI=1S/C23H36N4O4/c1-24-23(25-11-2-13-29-15-19-10-14-30-16-19)26-12-9-18-3-7-21(8-4-18)31-17-22(28)27-20-5-6-20/h3-4,7-8,19-20H,2,5-6,9-17H2,1H3,(H,27,28)(H2,24,25,26). The van der Waals surface area contributed by atoms with Crippen molar-refractivity contribution in [1.29, 1.82) is 0 Å². The number of amides is 1. The number of aliphatic imine (C=N–C) groups is 1. The summed E-state index contributed by atoms with van der Waals surface area (Å²) in [6.07, 6.45) is 5.09. The number of benzene rings is 1. The maximum absolute atomic E-state index is 11.7. The Bertz CT molecular complexity index is 685. The Hall–Kier alpha value is -2.32. The Morgan fingerprint density at radius 2 is 1.97 bits per heavy atom. The van der Waals surface area contributed by atoms with Gasteiger partial charge in [0.15, 0.2) is 12.6 Å². The minimum atomic E-state index is -0.0513. The average Bonchev–Trinajstić information content (AvgIpc) is 3.44. The predicted molar refractivity (Wildman–Crippen MR) is 121 cm³/mol. The maximum atomic E-state index is 11.7. The van der Waals surface area contributed by atoms with Gasteiger partial charge in [0.25, 0.3) is 5.91 Å². The zero-order chi connectivity index (χ0) is 21.7. The molecule has 0 radical (unpaired) electrons. The molecule has 1 aliphatic heterocycles. The van der Waals surface area contributed by atoms with Gasteiger partial charge < -0.3 is 30.2 Å². The molecule has 172 valence electrons. The molecule has 1 aromatic carbocycles. The molecule has 0 bridgehead atoms. The highest BCUT2D eigenvalue weighted by molar-refractivity contribution is 5.79. The van der Waals surface area contributed by atoms with Gasteiger partial charge in [-0.1, -0.05) is 12.1 Å². The number of ether oxygens (including phenoxy) is 3. The van der Waals surface area contributed by atoms with Gasteiger partial charge in [-0.15, -0.1) is 0 Å². The summed E-state index contributed by atoms with van der Waals surface area (Å²) in [6, 6.07) is 8.23. The molecular weight excluding hydrogens is 396 g/mol. The molecule has 31 heavy (non-hydrogen) atoms. The number of guanidine groups is 1. The third kappa shape index (κ3) is 9.57. The molecule has 0 spiro atoms. The Balaban J connectivity index is 1.22. The quantitative estimate of drug-likeness (QED) is 0.249. The summed E-state index contributed by atoms with van der Waals surface area (Å²) in [5, 5.41) is 9.56.